The molecule has 0 aliphatic heterocycles. The van der Waals surface area contributed by atoms with Crippen molar-refractivity contribution in [1.82, 2.24) is 0 Å². The molecule has 0 amide bonds. The van der Waals surface area contributed by atoms with E-state index >= 15 is 0 Å². The molecule has 3 nitrogen and oxygen atoms in total. The van der Waals surface area contributed by atoms with Gasteiger partial charge in [-0.1, -0.05) is 6.92 Å². The summed E-state index contributed by atoms with van der Waals surface area (Å²) in [6, 6.07) is 0. The molecule has 3 heteroatoms. The van der Waals surface area contributed by atoms with Gasteiger partial charge in [-0.25, -0.2) is 0 Å². The van der Waals surface area contributed by atoms with Crippen molar-refractivity contribution in [3.05, 3.63) is 0 Å². The highest BCUT2D eigenvalue weighted by molar-refractivity contribution is 5.78. The third-order valence-electron chi connectivity index (χ3n) is 2.20. The second-order valence-corrected chi connectivity index (χ2v) is 3.22. The minimum absolute atomic E-state index is 0.0119. The molecule has 0 heterocycles. The van der Waals surface area contributed by atoms with Crippen molar-refractivity contribution in [1.29, 1.82) is 0 Å². The van der Waals surface area contributed by atoms with E-state index in [1.807, 2.05) is 0 Å². The lowest BCUT2D eigenvalue weighted by Crippen LogP contribution is -2.29. The smallest absolute Gasteiger partial charge is 0.135 e. The van der Waals surface area contributed by atoms with Crippen LogP contribution in [0.15, 0.2) is 0 Å². The summed E-state index contributed by atoms with van der Waals surface area (Å²) in [5, 5.41) is 18.6. The van der Waals surface area contributed by atoms with Gasteiger partial charge in [-0.15, -0.1) is 0 Å². The third kappa shape index (κ3) is 2.01. The minimum atomic E-state index is -0.926. The summed E-state index contributed by atoms with van der Waals surface area (Å²) in [6.45, 7) is 1.76. The van der Waals surface area contributed by atoms with Crippen LogP contribution >= 0.6 is 0 Å². The topological polar surface area (TPSA) is 57.5 Å². The Morgan fingerprint density at radius 1 is 1.64 bits per heavy atom. The van der Waals surface area contributed by atoms with Gasteiger partial charge in [0, 0.05) is 12.8 Å². The van der Waals surface area contributed by atoms with Gasteiger partial charge in [0.1, 0.15) is 5.78 Å². The SMILES string of the molecule is CCC(=O)C[C@H](O)C1(O)CC1. The third-order valence-corrected chi connectivity index (χ3v) is 2.20. The van der Waals surface area contributed by atoms with Gasteiger partial charge >= 0.3 is 0 Å². The summed E-state index contributed by atoms with van der Waals surface area (Å²) in [5.74, 6) is 0.0119. The highest BCUT2D eigenvalue weighted by Crippen LogP contribution is 2.39. The molecule has 64 valence electrons. The van der Waals surface area contributed by atoms with Crippen LogP contribution in [0.5, 0.6) is 0 Å². The number of aliphatic hydroxyl groups excluding tert-OH is 1. The Morgan fingerprint density at radius 2 is 2.18 bits per heavy atom. The molecule has 0 aromatic rings. The van der Waals surface area contributed by atoms with E-state index < -0.39 is 11.7 Å². The van der Waals surface area contributed by atoms with Crippen molar-refractivity contribution in [2.24, 2.45) is 0 Å². The maximum absolute atomic E-state index is 10.8. The summed E-state index contributed by atoms with van der Waals surface area (Å²) in [6.07, 6.45) is 0.964. The van der Waals surface area contributed by atoms with Crippen LogP contribution in [-0.4, -0.2) is 27.7 Å². The van der Waals surface area contributed by atoms with Crippen LogP contribution in [0.3, 0.4) is 0 Å². The Kier molecular flexibility index (Phi) is 2.30. The van der Waals surface area contributed by atoms with E-state index in [-0.39, 0.29) is 12.2 Å². The molecule has 0 aromatic carbocycles. The van der Waals surface area contributed by atoms with E-state index in [4.69, 9.17) is 0 Å². The lowest BCUT2D eigenvalue weighted by Gasteiger charge is -2.14. The molecule has 0 bridgehead atoms. The molecule has 1 rings (SSSR count). The molecule has 0 unspecified atom stereocenters. The fourth-order valence-corrected chi connectivity index (χ4v) is 1.01. The minimum Gasteiger partial charge on any atom is -0.390 e. The molecule has 0 radical (unpaired) electrons. The lowest BCUT2D eigenvalue weighted by molar-refractivity contribution is -0.123. The van der Waals surface area contributed by atoms with Crippen LogP contribution < -0.4 is 0 Å². The van der Waals surface area contributed by atoms with Crippen LogP contribution in [0.2, 0.25) is 0 Å². The summed E-state index contributed by atoms with van der Waals surface area (Å²) < 4.78 is 0. The fraction of sp³-hybridized carbons (Fsp3) is 0.875. The first-order valence-electron chi connectivity index (χ1n) is 4.00. The Hall–Kier alpha value is -0.410. The molecule has 1 fully saturated rings. The molecule has 1 aliphatic carbocycles. The van der Waals surface area contributed by atoms with Crippen LogP contribution in [0.25, 0.3) is 0 Å². The molecule has 1 aliphatic rings. The van der Waals surface area contributed by atoms with Gasteiger partial charge in [-0.3, -0.25) is 4.79 Å². The number of Topliss-reactive ketones (excluding diaryl/α,β-unsaturated/α-hetero) is 1. The summed E-state index contributed by atoms with van der Waals surface area (Å²) in [4.78, 5) is 10.8. The van der Waals surface area contributed by atoms with Crippen molar-refractivity contribution in [2.45, 2.75) is 44.3 Å². The van der Waals surface area contributed by atoms with Crippen LogP contribution in [0.4, 0.5) is 0 Å². The maximum atomic E-state index is 10.8. The van der Waals surface area contributed by atoms with Crippen molar-refractivity contribution in [2.75, 3.05) is 0 Å². The van der Waals surface area contributed by atoms with Gasteiger partial charge in [0.2, 0.25) is 0 Å². The van der Waals surface area contributed by atoms with Gasteiger partial charge in [-0.2, -0.15) is 0 Å². The largest absolute Gasteiger partial charge is 0.390 e. The number of hydrogen-bond donors (Lipinski definition) is 2. The molecule has 1 saturated carbocycles. The predicted molar refractivity (Wildman–Crippen MR) is 40.1 cm³/mol. The van der Waals surface area contributed by atoms with Gasteiger partial charge in [0.05, 0.1) is 11.7 Å². The Labute approximate surface area is 66.0 Å². The molecule has 2 N–H and O–H groups in total. The lowest BCUT2D eigenvalue weighted by atomic mass is 10.1. The molecular formula is C8H14O3. The summed E-state index contributed by atoms with van der Waals surface area (Å²) in [7, 11) is 0. The molecule has 0 aromatic heterocycles. The van der Waals surface area contributed by atoms with Gasteiger partial charge in [0.25, 0.3) is 0 Å². The van der Waals surface area contributed by atoms with E-state index in [0.717, 1.165) is 0 Å². The first-order valence-corrected chi connectivity index (χ1v) is 4.00. The molecular weight excluding hydrogens is 144 g/mol. The van der Waals surface area contributed by atoms with Crippen molar-refractivity contribution in [3.63, 3.8) is 0 Å². The number of aliphatic hydroxyl groups is 2. The van der Waals surface area contributed by atoms with Crippen molar-refractivity contribution in [3.8, 4) is 0 Å². The number of carbonyl (C=O) groups is 1. The molecule has 0 spiro atoms. The van der Waals surface area contributed by atoms with Crippen LogP contribution in [-0.2, 0) is 4.79 Å². The predicted octanol–water partition coefficient (Wildman–Crippen LogP) is 0.241. The first-order chi connectivity index (χ1) is 5.08. The fourth-order valence-electron chi connectivity index (χ4n) is 1.01. The number of hydrogen-bond acceptors (Lipinski definition) is 3. The van der Waals surface area contributed by atoms with Gasteiger partial charge in [0.15, 0.2) is 0 Å². The quantitative estimate of drug-likeness (QED) is 0.616. The standard InChI is InChI=1S/C8H14O3/c1-2-6(9)5-7(10)8(11)3-4-8/h7,10-11H,2-5H2,1H3/t7-/m0/s1. The molecule has 0 saturated heterocycles. The van der Waals surface area contributed by atoms with E-state index in [1.54, 1.807) is 6.92 Å². The Morgan fingerprint density at radius 3 is 2.55 bits per heavy atom. The van der Waals surface area contributed by atoms with Crippen LogP contribution in [0, 0.1) is 0 Å². The second-order valence-electron chi connectivity index (χ2n) is 3.22. The summed E-state index contributed by atoms with van der Waals surface area (Å²) >= 11 is 0. The van der Waals surface area contributed by atoms with E-state index in [1.165, 1.54) is 0 Å². The summed E-state index contributed by atoms with van der Waals surface area (Å²) in [5.41, 5.74) is -0.926. The number of ketones is 1. The zero-order valence-corrected chi connectivity index (χ0v) is 6.71. The Balaban J connectivity index is 2.31. The second kappa shape index (κ2) is 2.91. The average Bonchev–Trinajstić information content (AvgIpc) is 2.69. The monoisotopic (exact) mass is 158 g/mol. The average molecular weight is 158 g/mol. The van der Waals surface area contributed by atoms with Gasteiger partial charge < -0.3 is 10.2 Å². The maximum Gasteiger partial charge on any atom is 0.135 e. The Bertz CT molecular complexity index is 161. The van der Waals surface area contributed by atoms with Crippen molar-refractivity contribution >= 4 is 5.78 Å². The first kappa shape index (κ1) is 8.68. The highest BCUT2D eigenvalue weighted by Gasteiger charge is 2.47. The van der Waals surface area contributed by atoms with E-state index in [9.17, 15) is 15.0 Å². The zero-order chi connectivity index (χ0) is 8.48. The number of carbonyl (C=O) groups excluding carboxylic acids is 1. The molecule has 11 heavy (non-hydrogen) atoms. The van der Waals surface area contributed by atoms with Crippen molar-refractivity contribution < 1.29 is 15.0 Å². The normalized spacial score (nSPS) is 22.8. The zero-order valence-electron chi connectivity index (χ0n) is 6.71. The molecule has 1 atom stereocenters. The highest BCUT2D eigenvalue weighted by atomic mass is 16.3. The van der Waals surface area contributed by atoms with Crippen LogP contribution in [0.1, 0.15) is 32.6 Å². The van der Waals surface area contributed by atoms with Gasteiger partial charge in [-0.05, 0) is 12.8 Å². The van der Waals surface area contributed by atoms with E-state index in [2.05, 4.69) is 0 Å². The number of rotatable bonds is 4. The van der Waals surface area contributed by atoms with E-state index in [0.29, 0.717) is 19.3 Å².